The third kappa shape index (κ3) is 2.56. The van der Waals surface area contributed by atoms with E-state index in [0.29, 0.717) is 0 Å². The number of hydrogen-bond donors (Lipinski definition) is 6. The molecule has 0 spiro atoms. The predicted molar refractivity (Wildman–Crippen MR) is 101 cm³/mol. The Balaban J connectivity index is 1.99. The van der Waals surface area contributed by atoms with Crippen LogP contribution in [0.4, 0.5) is 0 Å². The van der Waals surface area contributed by atoms with Crippen molar-refractivity contribution >= 4 is 11.6 Å². The van der Waals surface area contributed by atoms with Crippen LogP contribution < -0.4 is 4.74 Å². The molecule has 0 saturated heterocycles. The average Bonchev–Trinajstić information content (AvgIpc) is 2.72. The van der Waals surface area contributed by atoms with Gasteiger partial charge in [-0.2, -0.15) is 0 Å². The number of hydrogen-bond acceptors (Lipinski definition) is 9. The van der Waals surface area contributed by atoms with Gasteiger partial charge in [-0.15, -0.1) is 0 Å². The summed E-state index contributed by atoms with van der Waals surface area (Å²) in [5.74, 6) is -2.72. The lowest BCUT2D eigenvalue weighted by molar-refractivity contribution is -0.122. The van der Waals surface area contributed by atoms with Crippen molar-refractivity contribution in [3.63, 3.8) is 0 Å². The Bertz CT molecular complexity index is 1090. The van der Waals surface area contributed by atoms with E-state index in [-0.39, 0.29) is 28.0 Å². The van der Waals surface area contributed by atoms with E-state index in [1.165, 1.54) is 25.3 Å². The molecular formula is C21H20O9. The van der Waals surface area contributed by atoms with E-state index in [1.54, 1.807) is 0 Å². The third-order valence-electron chi connectivity index (χ3n) is 5.92. The van der Waals surface area contributed by atoms with E-state index in [9.17, 15) is 40.2 Å². The maximum atomic E-state index is 13.2. The SMILES string of the molecule is COc1cccc2c1C(=O)c1c(O)c3c(c(O)c1C2=O)C[C@@](O)([C@@H](O)CO)C[C@@H]3O. The van der Waals surface area contributed by atoms with Crippen molar-refractivity contribution < 1.29 is 45.0 Å². The second-order valence-corrected chi connectivity index (χ2v) is 7.58. The Labute approximate surface area is 170 Å². The lowest BCUT2D eigenvalue weighted by Gasteiger charge is -2.40. The first kappa shape index (κ1) is 20.3. The van der Waals surface area contributed by atoms with Crippen LogP contribution in [0.25, 0.3) is 0 Å². The summed E-state index contributed by atoms with van der Waals surface area (Å²) in [7, 11) is 1.32. The molecule has 2 aliphatic carbocycles. The second-order valence-electron chi connectivity index (χ2n) is 7.58. The van der Waals surface area contributed by atoms with E-state index >= 15 is 0 Å². The van der Waals surface area contributed by atoms with Gasteiger partial charge in [0, 0.05) is 29.5 Å². The fourth-order valence-electron chi connectivity index (χ4n) is 4.40. The molecule has 158 valence electrons. The van der Waals surface area contributed by atoms with Crippen molar-refractivity contribution in [2.45, 2.75) is 30.7 Å². The molecule has 2 aliphatic rings. The number of phenols is 2. The highest BCUT2D eigenvalue weighted by molar-refractivity contribution is 6.31. The van der Waals surface area contributed by atoms with Crippen molar-refractivity contribution in [2.24, 2.45) is 0 Å². The zero-order valence-corrected chi connectivity index (χ0v) is 15.9. The third-order valence-corrected chi connectivity index (χ3v) is 5.92. The summed E-state index contributed by atoms with van der Waals surface area (Å²) in [4.78, 5) is 26.3. The van der Waals surface area contributed by atoms with Gasteiger partial charge in [0.25, 0.3) is 0 Å². The van der Waals surface area contributed by atoms with Gasteiger partial charge >= 0.3 is 0 Å². The van der Waals surface area contributed by atoms with Gasteiger partial charge in [-0.1, -0.05) is 12.1 Å². The molecule has 0 saturated carbocycles. The van der Waals surface area contributed by atoms with Crippen molar-refractivity contribution in [3.05, 3.63) is 51.6 Å². The molecule has 0 aromatic heterocycles. The van der Waals surface area contributed by atoms with Crippen molar-refractivity contribution in [1.29, 1.82) is 0 Å². The molecule has 9 heteroatoms. The van der Waals surface area contributed by atoms with Crippen molar-refractivity contribution in [2.75, 3.05) is 13.7 Å². The molecular weight excluding hydrogens is 396 g/mol. The number of methoxy groups -OCH3 is 1. The van der Waals surface area contributed by atoms with Crippen LogP contribution in [-0.4, -0.2) is 67.6 Å². The molecule has 0 amide bonds. The second kappa shape index (κ2) is 6.78. The highest BCUT2D eigenvalue weighted by Crippen LogP contribution is 2.51. The van der Waals surface area contributed by atoms with E-state index in [1.807, 2.05) is 0 Å². The highest BCUT2D eigenvalue weighted by Gasteiger charge is 2.48. The van der Waals surface area contributed by atoms with Crippen LogP contribution >= 0.6 is 0 Å². The Morgan fingerprint density at radius 3 is 2.43 bits per heavy atom. The minimum Gasteiger partial charge on any atom is -0.507 e. The van der Waals surface area contributed by atoms with Gasteiger partial charge in [-0.05, 0) is 6.07 Å². The number of fused-ring (bicyclic) bond motifs is 3. The molecule has 0 heterocycles. The van der Waals surface area contributed by atoms with Crippen LogP contribution in [0, 0.1) is 0 Å². The number of carbonyl (C=O) groups excluding carboxylic acids is 2. The molecule has 9 nitrogen and oxygen atoms in total. The summed E-state index contributed by atoms with van der Waals surface area (Å²) in [6.07, 6.45) is -4.13. The van der Waals surface area contributed by atoms with Crippen LogP contribution in [0.1, 0.15) is 55.5 Å². The van der Waals surface area contributed by atoms with Gasteiger partial charge in [0.05, 0.1) is 42.1 Å². The normalized spacial score (nSPS) is 23.4. The molecule has 4 rings (SSSR count). The molecule has 2 aromatic carbocycles. The fraction of sp³-hybridized carbons (Fsp3) is 0.333. The molecule has 0 radical (unpaired) electrons. The average molecular weight is 416 g/mol. The topological polar surface area (TPSA) is 165 Å². The molecule has 0 aliphatic heterocycles. The van der Waals surface area contributed by atoms with Crippen LogP contribution in [0.15, 0.2) is 18.2 Å². The molecule has 3 atom stereocenters. The maximum Gasteiger partial charge on any atom is 0.202 e. The van der Waals surface area contributed by atoms with Gasteiger partial charge < -0.3 is 35.4 Å². The van der Waals surface area contributed by atoms with Crippen LogP contribution in [0.3, 0.4) is 0 Å². The summed E-state index contributed by atoms with van der Waals surface area (Å²) in [6.45, 7) is -0.805. The summed E-state index contributed by atoms with van der Waals surface area (Å²) < 4.78 is 5.17. The van der Waals surface area contributed by atoms with E-state index in [2.05, 4.69) is 0 Å². The Morgan fingerprint density at radius 1 is 1.13 bits per heavy atom. The molecule has 6 N–H and O–H groups in total. The molecule has 0 unspecified atom stereocenters. The van der Waals surface area contributed by atoms with Crippen LogP contribution in [0.2, 0.25) is 0 Å². The minimum absolute atomic E-state index is 0.0245. The standard InChI is InChI=1S/C21H20O9/c1-30-11-4-2-3-8-14(11)20(28)16-15(17(8)25)18(26)9-5-21(29,12(24)7-22)6-10(23)13(9)19(16)27/h2-4,10,12,22-24,26-27,29H,5-7H2,1H3/t10-,12-,21-/m0/s1. The van der Waals surface area contributed by atoms with Gasteiger partial charge in [0.2, 0.25) is 5.78 Å². The number of carbonyl (C=O) groups is 2. The maximum absolute atomic E-state index is 13.2. The van der Waals surface area contributed by atoms with Gasteiger partial charge in [0.15, 0.2) is 5.78 Å². The zero-order valence-electron chi connectivity index (χ0n) is 15.9. The predicted octanol–water partition coefficient (Wildman–Crippen LogP) is -0.0543. The van der Waals surface area contributed by atoms with Crippen LogP contribution in [-0.2, 0) is 6.42 Å². The number of aliphatic hydroxyl groups excluding tert-OH is 3. The largest absolute Gasteiger partial charge is 0.507 e. The van der Waals surface area contributed by atoms with Crippen LogP contribution in [0.5, 0.6) is 17.2 Å². The Morgan fingerprint density at radius 2 is 1.80 bits per heavy atom. The summed E-state index contributed by atoms with van der Waals surface area (Å²) in [5.41, 5.74) is -3.39. The van der Waals surface area contributed by atoms with Gasteiger partial charge in [-0.3, -0.25) is 9.59 Å². The number of phenolic OH excluding ortho intramolecular Hbond substituents is 2. The number of benzene rings is 2. The lowest BCUT2D eigenvalue weighted by Crippen LogP contribution is -2.50. The summed E-state index contributed by atoms with van der Waals surface area (Å²) in [5, 5.41) is 62.1. The molecule has 30 heavy (non-hydrogen) atoms. The lowest BCUT2D eigenvalue weighted by atomic mass is 9.71. The molecule has 2 aromatic rings. The van der Waals surface area contributed by atoms with Crippen molar-refractivity contribution in [3.8, 4) is 17.2 Å². The highest BCUT2D eigenvalue weighted by atomic mass is 16.5. The summed E-state index contributed by atoms with van der Waals surface area (Å²) >= 11 is 0. The van der Waals surface area contributed by atoms with E-state index in [0.717, 1.165) is 0 Å². The number of rotatable bonds is 3. The first-order valence-corrected chi connectivity index (χ1v) is 9.22. The number of ketones is 2. The molecule has 0 fully saturated rings. The summed E-state index contributed by atoms with van der Waals surface area (Å²) in [6, 6.07) is 4.37. The van der Waals surface area contributed by atoms with E-state index in [4.69, 9.17) is 4.74 Å². The minimum atomic E-state index is -2.01. The van der Waals surface area contributed by atoms with Crippen molar-refractivity contribution in [1.82, 2.24) is 0 Å². The van der Waals surface area contributed by atoms with E-state index < -0.39 is 71.4 Å². The Kier molecular flexibility index (Phi) is 4.59. The number of aromatic hydroxyl groups is 2. The monoisotopic (exact) mass is 416 g/mol. The van der Waals surface area contributed by atoms with Gasteiger partial charge in [0.1, 0.15) is 23.4 Å². The number of aliphatic hydroxyl groups is 4. The molecule has 0 bridgehead atoms. The zero-order chi connectivity index (χ0) is 22.0. The quantitative estimate of drug-likeness (QED) is 0.321. The fourth-order valence-corrected chi connectivity index (χ4v) is 4.40. The smallest absolute Gasteiger partial charge is 0.202 e. The Hall–Kier alpha value is -2.98. The first-order chi connectivity index (χ1) is 14.2. The number of ether oxygens (including phenoxy) is 1. The van der Waals surface area contributed by atoms with Gasteiger partial charge in [-0.25, -0.2) is 0 Å². The first-order valence-electron chi connectivity index (χ1n) is 9.22.